The summed E-state index contributed by atoms with van der Waals surface area (Å²) in [5.74, 6) is 0.225. The molecule has 0 amide bonds. The number of aliphatic hydroxyl groups is 2. The van der Waals surface area contributed by atoms with Gasteiger partial charge in [0.1, 0.15) is 6.10 Å². The van der Waals surface area contributed by atoms with Gasteiger partial charge in [0.2, 0.25) is 0 Å². The highest BCUT2D eigenvalue weighted by Crippen LogP contribution is 2.71. The summed E-state index contributed by atoms with van der Waals surface area (Å²) in [7, 11) is 0. The molecule has 0 saturated heterocycles. The second-order valence-corrected chi connectivity index (χ2v) is 10.5. The zero-order valence-electron chi connectivity index (χ0n) is 16.6. The van der Waals surface area contributed by atoms with Gasteiger partial charge in [0.05, 0.1) is 12.2 Å². The number of rotatable bonds is 2. The number of hydrogen-bond acceptors (Lipinski definition) is 4. The maximum absolute atomic E-state index is 12.0. The van der Waals surface area contributed by atoms with Crippen molar-refractivity contribution < 1.29 is 19.7 Å². The van der Waals surface area contributed by atoms with Gasteiger partial charge in [-0.15, -0.1) is 0 Å². The lowest BCUT2D eigenvalue weighted by atomic mass is 9.36. The SMILES string of the molecule is CC(=O)O[C@H]1[C@@H]2[C@]3(C=C[C@@H]1[C@](O)(CO)C3)CC[C@@H]1C(C)(C)CCC[C@]12C. The third-order valence-electron chi connectivity index (χ3n) is 8.65. The van der Waals surface area contributed by atoms with Crippen molar-refractivity contribution in [3.8, 4) is 0 Å². The second-order valence-electron chi connectivity index (χ2n) is 10.5. The number of carbonyl (C=O) groups excluding carboxylic acids is 1. The molecule has 0 radical (unpaired) electrons. The standard InChI is InChI=1S/C22H34O4/c1-14(24)26-17-15-6-10-21(12-22(15,25)13-23)11-7-16-19(2,3)8-5-9-20(16,4)18(17)21/h6,10,15-18,23,25H,5,7-9,11-13H2,1-4H3/t15-,16+,17+,18-,20+,21+,22+/m0/s1. The quantitative estimate of drug-likeness (QED) is 0.583. The van der Waals surface area contributed by atoms with E-state index in [1.807, 2.05) is 6.08 Å². The molecule has 4 nitrogen and oxygen atoms in total. The van der Waals surface area contributed by atoms with Crippen molar-refractivity contribution in [1.82, 2.24) is 0 Å². The Morgan fingerprint density at radius 3 is 2.62 bits per heavy atom. The predicted octanol–water partition coefficient (Wildman–Crippen LogP) is 3.46. The largest absolute Gasteiger partial charge is 0.461 e. The first-order valence-electron chi connectivity index (χ1n) is 10.3. The number of ether oxygens (including phenoxy) is 1. The first-order valence-corrected chi connectivity index (χ1v) is 10.3. The van der Waals surface area contributed by atoms with E-state index in [0.29, 0.717) is 17.8 Å². The number of hydrogen-bond donors (Lipinski definition) is 2. The Morgan fingerprint density at radius 1 is 1.23 bits per heavy atom. The van der Waals surface area contributed by atoms with Crippen LogP contribution in [0.5, 0.6) is 0 Å². The summed E-state index contributed by atoms with van der Waals surface area (Å²) in [5, 5.41) is 21.1. The van der Waals surface area contributed by atoms with Crippen molar-refractivity contribution >= 4 is 5.97 Å². The number of aliphatic hydroxyl groups excluding tert-OH is 1. The van der Waals surface area contributed by atoms with Crippen LogP contribution in [-0.4, -0.2) is 34.5 Å². The van der Waals surface area contributed by atoms with E-state index in [1.165, 1.54) is 19.8 Å². The summed E-state index contributed by atoms with van der Waals surface area (Å²) in [6.07, 6.45) is 10.3. The van der Waals surface area contributed by atoms with Crippen LogP contribution in [0.4, 0.5) is 0 Å². The average Bonchev–Trinajstić information content (AvgIpc) is 2.52. The number of allylic oxidation sites excluding steroid dienone is 1. The Labute approximate surface area is 157 Å². The molecule has 0 heterocycles. The molecule has 0 unspecified atom stereocenters. The van der Waals surface area contributed by atoms with Gasteiger partial charge in [-0.25, -0.2) is 0 Å². The normalized spacial score (nSPS) is 51.5. The van der Waals surface area contributed by atoms with Crippen LogP contribution >= 0.6 is 0 Å². The van der Waals surface area contributed by atoms with Crippen LogP contribution in [0.1, 0.15) is 66.2 Å². The first kappa shape index (κ1) is 18.5. The van der Waals surface area contributed by atoms with Crippen LogP contribution < -0.4 is 0 Å². The van der Waals surface area contributed by atoms with Crippen molar-refractivity contribution in [3.05, 3.63) is 12.2 Å². The van der Waals surface area contributed by atoms with E-state index >= 15 is 0 Å². The van der Waals surface area contributed by atoms with Crippen LogP contribution in [0.2, 0.25) is 0 Å². The van der Waals surface area contributed by atoms with Gasteiger partial charge in [0, 0.05) is 18.8 Å². The molecule has 3 saturated carbocycles. The maximum atomic E-state index is 12.0. The van der Waals surface area contributed by atoms with Gasteiger partial charge in [0.25, 0.3) is 0 Å². The zero-order chi connectivity index (χ0) is 19.0. The van der Waals surface area contributed by atoms with Gasteiger partial charge in [-0.2, -0.15) is 0 Å². The average molecular weight is 363 g/mol. The number of fused-ring (bicyclic) bond motifs is 2. The summed E-state index contributed by atoms with van der Waals surface area (Å²) in [4.78, 5) is 12.0. The second kappa shape index (κ2) is 5.57. The van der Waals surface area contributed by atoms with Gasteiger partial charge in [-0.1, -0.05) is 39.3 Å². The zero-order valence-corrected chi connectivity index (χ0v) is 16.6. The van der Waals surface area contributed by atoms with E-state index in [4.69, 9.17) is 4.74 Å². The molecule has 2 bridgehead atoms. The lowest BCUT2D eigenvalue weighted by molar-refractivity contribution is -0.250. The molecule has 5 aliphatic carbocycles. The van der Waals surface area contributed by atoms with Crippen molar-refractivity contribution in [2.24, 2.45) is 34.0 Å². The van der Waals surface area contributed by atoms with Crippen molar-refractivity contribution in [1.29, 1.82) is 0 Å². The van der Waals surface area contributed by atoms with E-state index in [-0.39, 0.29) is 41.3 Å². The third kappa shape index (κ3) is 2.30. The molecule has 0 aromatic heterocycles. The molecule has 2 N–H and O–H groups in total. The fraction of sp³-hybridized carbons (Fsp3) is 0.864. The molecule has 146 valence electrons. The van der Waals surface area contributed by atoms with E-state index < -0.39 is 5.60 Å². The Bertz CT molecular complexity index is 640. The first-order chi connectivity index (χ1) is 12.1. The monoisotopic (exact) mass is 362 g/mol. The third-order valence-corrected chi connectivity index (χ3v) is 8.65. The Kier molecular flexibility index (Phi) is 3.96. The van der Waals surface area contributed by atoms with Crippen LogP contribution in [0.15, 0.2) is 12.2 Å². The summed E-state index contributed by atoms with van der Waals surface area (Å²) >= 11 is 0. The highest BCUT2D eigenvalue weighted by molar-refractivity contribution is 5.66. The molecule has 0 aromatic rings. The van der Waals surface area contributed by atoms with Gasteiger partial charge < -0.3 is 14.9 Å². The Morgan fingerprint density at radius 2 is 1.96 bits per heavy atom. The molecule has 5 aliphatic rings. The van der Waals surface area contributed by atoms with Crippen LogP contribution in [0, 0.1) is 34.0 Å². The minimum atomic E-state index is -1.18. The number of carbonyl (C=O) groups is 1. The topological polar surface area (TPSA) is 66.8 Å². The van der Waals surface area contributed by atoms with E-state index in [0.717, 1.165) is 19.3 Å². The highest BCUT2D eigenvalue weighted by atomic mass is 16.5. The van der Waals surface area contributed by atoms with E-state index in [2.05, 4.69) is 26.8 Å². The lowest BCUT2D eigenvalue weighted by Gasteiger charge is -2.69. The van der Waals surface area contributed by atoms with Crippen LogP contribution in [0.3, 0.4) is 0 Å². The predicted molar refractivity (Wildman–Crippen MR) is 99.2 cm³/mol. The van der Waals surface area contributed by atoms with Crippen LogP contribution in [0.25, 0.3) is 0 Å². The number of esters is 1. The maximum Gasteiger partial charge on any atom is 0.302 e. The summed E-state index contributed by atoms with van der Waals surface area (Å²) < 4.78 is 5.91. The molecule has 3 fully saturated rings. The van der Waals surface area contributed by atoms with Crippen molar-refractivity contribution in [2.75, 3.05) is 6.61 Å². The molecular weight excluding hydrogens is 328 g/mol. The molecule has 5 rings (SSSR count). The summed E-state index contributed by atoms with van der Waals surface area (Å²) in [6, 6.07) is 0. The van der Waals surface area contributed by atoms with Crippen LogP contribution in [-0.2, 0) is 9.53 Å². The minimum absolute atomic E-state index is 0.0971. The Hall–Kier alpha value is -0.870. The van der Waals surface area contributed by atoms with Gasteiger partial charge in [-0.05, 0) is 54.3 Å². The molecule has 1 spiro atoms. The van der Waals surface area contributed by atoms with Gasteiger partial charge in [-0.3, -0.25) is 4.79 Å². The molecule has 7 atom stereocenters. The lowest BCUT2D eigenvalue weighted by Crippen LogP contribution is -2.70. The molecular formula is C22H34O4. The van der Waals surface area contributed by atoms with Gasteiger partial charge in [0.15, 0.2) is 0 Å². The van der Waals surface area contributed by atoms with E-state index in [9.17, 15) is 15.0 Å². The smallest absolute Gasteiger partial charge is 0.302 e. The molecule has 0 aliphatic heterocycles. The summed E-state index contributed by atoms with van der Waals surface area (Å²) in [6.45, 7) is 8.39. The fourth-order valence-electron chi connectivity index (χ4n) is 7.91. The fourth-order valence-corrected chi connectivity index (χ4v) is 7.91. The van der Waals surface area contributed by atoms with Crippen molar-refractivity contribution in [2.45, 2.75) is 77.9 Å². The summed E-state index contributed by atoms with van der Waals surface area (Å²) in [5.41, 5.74) is -0.966. The minimum Gasteiger partial charge on any atom is -0.461 e. The Balaban J connectivity index is 1.83. The highest BCUT2D eigenvalue weighted by Gasteiger charge is 2.69. The van der Waals surface area contributed by atoms with Crippen molar-refractivity contribution in [3.63, 3.8) is 0 Å². The van der Waals surface area contributed by atoms with Gasteiger partial charge >= 0.3 is 5.97 Å². The van der Waals surface area contributed by atoms with E-state index in [1.54, 1.807) is 0 Å². The molecule has 0 aromatic carbocycles. The molecule has 4 heteroatoms. The molecule has 26 heavy (non-hydrogen) atoms.